The maximum absolute atomic E-state index is 14.5. The summed E-state index contributed by atoms with van der Waals surface area (Å²) in [4.78, 5) is 47.7. The van der Waals surface area contributed by atoms with Gasteiger partial charge in [0, 0.05) is 32.8 Å². The lowest BCUT2D eigenvalue weighted by atomic mass is 9.66. The highest BCUT2D eigenvalue weighted by Crippen LogP contribution is 2.63. The van der Waals surface area contributed by atoms with E-state index in [1.807, 2.05) is 13.8 Å². The van der Waals surface area contributed by atoms with Crippen molar-refractivity contribution in [2.45, 2.75) is 63.2 Å². The summed E-state index contributed by atoms with van der Waals surface area (Å²) in [5.41, 5.74) is -1.46. The van der Waals surface area contributed by atoms with Gasteiger partial charge < -0.3 is 24.5 Å². The Morgan fingerprint density at radius 1 is 1.18 bits per heavy atom. The van der Waals surface area contributed by atoms with Gasteiger partial charge >= 0.3 is 0 Å². The minimum absolute atomic E-state index is 0.0133. The van der Waals surface area contributed by atoms with Crippen molar-refractivity contribution in [3.63, 3.8) is 0 Å². The summed E-state index contributed by atoms with van der Waals surface area (Å²) in [6.45, 7) is 13.0. The molecular formula is C30H40ClN3O5. The van der Waals surface area contributed by atoms with Gasteiger partial charge in [-0.15, -0.1) is 13.2 Å². The van der Waals surface area contributed by atoms with Crippen molar-refractivity contribution in [3.8, 4) is 0 Å². The second-order valence-electron chi connectivity index (χ2n) is 11.0. The van der Waals surface area contributed by atoms with E-state index in [0.29, 0.717) is 49.5 Å². The zero-order valence-electron chi connectivity index (χ0n) is 23.0. The summed E-state index contributed by atoms with van der Waals surface area (Å²) in [6, 6.07) is 6.16. The van der Waals surface area contributed by atoms with Crippen LogP contribution in [0.25, 0.3) is 0 Å². The van der Waals surface area contributed by atoms with Gasteiger partial charge in [-0.05, 0) is 51.2 Å². The van der Waals surface area contributed by atoms with Gasteiger partial charge in [0.1, 0.15) is 11.6 Å². The predicted octanol–water partition coefficient (Wildman–Crippen LogP) is 3.82. The van der Waals surface area contributed by atoms with Crippen molar-refractivity contribution in [2.75, 3.05) is 37.7 Å². The van der Waals surface area contributed by atoms with Gasteiger partial charge in [-0.2, -0.15) is 0 Å². The molecule has 3 aliphatic heterocycles. The molecule has 39 heavy (non-hydrogen) atoms. The lowest BCUT2D eigenvalue weighted by Gasteiger charge is -2.37. The zero-order chi connectivity index (χ0) is 28.4. The van der Waals surface area contributed by atoms with Crippen LogP contribution in [0.3, 0.4) is 0 Å². The van der Waals surface area contributed by atoms with E-state index in [1.54, 1.807) is 51.1 Å². The fraction of sp³-hybridized carbons (Fsp3) is 0.567. The Morgan fingerprint density at radius 2 is 1.90 bits per heavy atom. The van der Waals surface area contributed by atoms with Gasteiger partial charge in [-0.25, -0.2) is 0 Å². The fourth-order valence-corrected chi connectivity index (χ4v) is 7.12. The van der Waals surface area contributed by atoms with Crippen molar-refractivity contribution in [3.05, 3.63) is 54.6 Å². The van der Waals surface area contributed by atoms with Crippen LogP contribution < -0.4 is 4.90 Å². The van der Waals surface area contributed by atoms with E-state index in [1.165, 1.54) is 0 Å². The second kappa shape index (κ2) is 11.8. The first-order chi connectivity index (χ1) is 18.7. The molecule has 5 atom stereocenters. The van der Waals surface area contributed by atoms with Crippen molar-refractivity contribution in [1.82, 2.24) is 9.80 Å². The highest BCUT2D eigenvalue weighted by molar-refractivity contribution is 6.34. The van der Waals surface area contributed by atoms with Crippen LogP contribution in [0.15, 0.2) is 49.6 Å². The molecule has 3 saturated heterocycles. The quantitative estimate of drug-likeness (QED) is 0.294. The lowest BCUT2D eigenvalue weighted by molar-refractivity contribution is -0.149. The highest BCUT2D eigenvalue weighted by atomic mass is 35.5. The number of halogens is 1. The van der Waals surface area contributed by atoms with E-state index in [9.17, 15) is 19.5 Å². The third-order valence-corrected chi connectivity index (χ3v) is 8.78. The average molecular weight is 558 g/mol. The van der Waals surface area contributed by atoms with E-state index in [0.717, 1.165) is 6.42 Å². The molecule has 9 heteroatoms. The minimum atomic E-state index is -1.13. The zero-order valence-corrected chi connectivity index (χ0v) is 23.7. The molecule has 1 N–H and O–H groups in total. The molecule has 212 valence electrons. The smallest absolute Gasteiger partial charge is 0.253 e. The molecule has 1 aromatic carbocycles. The number of nitrogens with zero attached hydrogens (tertiary/aromatic N) is 3. The van der Waals surface area contributed by atoms with Gasteiger partial charge in [0.2, 0.25) is 11.8 Å². The van der Waals surface area contributed by atoms with Crippen LogP contribution in [-0.2, 0) is 19.1 Å². The van der Waals surface area contributed by atoms with Crippen molar-refractivity contribution >= 4 is 35.0 Å². The number of aliphatic hydroxyl groups is 1. The van der Waals surface area contributed by atoms with E-state index in [2.05, 4.69) is 13.2 Å². The third kappa shape index (κ3) is 4.92. The molecule has 0 aliphatic carbocycles. The molecule has 3 aliphatic rings. The molecule has 1 aromatic rings. The molecule has 4 rings (SSSR count). The number of para-hydroxylation sites is 1. The molecule has 1 spiro atoms. The summed E-state index contributed by atoms with van der Waals surface area (Å²) in [6.07, 6.45) is 6.18. The van der Waals surface area contributed by atoms with Gasteiger partial charge in [0.05, 0.1) is 28.1 Å². The van der Waals surface area contributed by atoms with Crippen molar-refractivity contribution < 1.29 is 24.2 Å². The Labute approximate surface area is 236 Å². The number of anilines is 1. The van der Waals surface area contributed by atoms with Gasteiger partial charge in [-0.3, -0.25) is 14.4 Å². The first-order valence-corrected chi connectivity index (χ1v) is 14.3. The number of fused-ring (bicyclic) bond motifs is 1. The number of carbonyl (C=O) groups excluding carboxylic acids is 3. The predicted molar refractivity (Wildman–Crippen MR) is 151 cm³/mol. The first-order valence-electron chi connectivity index (χ1n) is 13.9. The molecular weight excluding hydrogens is 518 g/mol. The Bertz CT molecular complexity index is 1130. The fourth-order valence-electron chi connectivity index (χ4n) is 6.88. The number of hydrogen-bond donors (Lipinski definition) is 1. The number of benzene rings is 1. The maximum Gasteiger partial charge on any atom is 0.253 e. The Hall–Kier alpha value is -2.68. The number of unbranched alkanes of at least 4 members (excludes halogenated alkanes) is 1. The van der Waals surface area contributed by atoms with Crippen LogP contribution in [0.5, 0.6) is 0 Å². The average Bonchev–Trinajstić information content (AvgIpc) is 3.48. The summed E-state index contributed by atoms with van der Waals surface area (Å²) < 4.78 is 6.76. The van der Waals surface area contributed by atoms with Crippen LogP contribution in [0, 0.1) is 11.8 Å². The second-order valence-corrected chi connectivity index (χ2v) is 11.4. The molecule has 0 saturated carbocycles. The van der Waals surface area contributed by atoms with E-state index in [4.69, 9.17) is 16.3 Å². The largest absolute Gasteiger partial charge is 0.396 e. The number of likely N-dealkylation sites (tertiary alicyclic amines) is 1. The highest BCUT2D eigenvalue weighted by Gasteiger charge is 2.78. The van der Waals surface area contributed by atoms with Gasteiger partial charge in [0.15, 0.2) is 0 Å². The lowest BCUT2D eigenvalue weighted by Crippen LogP contribution is -2.56. The topological polar surface area (TPSA) is 90.4 Å². The van der Waals surface area contributed by atoms with Crippen LogP contribution in [0.2, 0.25) is 5.02 Å². The number of ether oxygens (including phenoxy) is 1. The van der Waals surface area contributed by atoms with E-state index < -0.39 is 29.1 Å². The number of aliphatic hydroxyl groups excluding tert-OH is 1. The molecule has 0 aromatic heterocycles. The van der Waals surface area contributed by atoms with E-state index in [-0.39, 0.29) is 37.4 Å². The number of rotatable bonds is 13. The maximum atomic E-state index is 14.5. The number of hydrogen-bond acceptors (Lipinski definition) is 5. The summed E-state index contributed by atoms with van der Waals surface area (Å²) >= 11 is 6.52. The van der Waals surface area contributed by atoms with E-state index >= 15 is 0 Å². The summed E-state index contributed by atoms with van der Waals surface area (Å²) in [5, 5.41) is 9.82. The number of carbonyl (C=O) groups is 3. The minimum Gasteiger partial charge on any atom is -0.396 e. The monoisotopic (exact) mass is 557 g/mol. The van der Waals surface area contributed by atoms with Crippen molar-refractivity contribution in [1.29, 1.82) is 0 Å². The standard InChI is InChI=1S/C30H40ClN3O5/c1-5-16-32(17-6-2)26(36)23-24-27(37)34(19-10-11-20-35)25(30(24)15-14-29(23,4)39-30)28(38)33(18-7-3)22-13-9-8-12-21(22)31/h5,7-9,12-13,23-25,35H,1,3,6,10-11,14-20H2,2,4H3/t23-,24+,25?,29+,30?/m1/s1. The van der Waals surface area contributed by atoms with Crippen LogP contribution >= 0.6 is 11.6 Å². The molecule has 3 heterocycles. The van der Waals surface area contributed by atoms with Crippen LogP contribution in [-0.4, -0.2) is 82.7 Å². The molecule has 3 fully saturated rings. The molecule has 0 radical (unpaired) electrons. The SMILES string of the molecule is C=CCN(CCC)C(=O)[C@H]1[C@H]2C(=O)N(CCCCO)C(C(=O)N(CC=C)c3ccccc3Cl)C23CC[C@]1(C)O3. The molecule has 8 nitrogen and oxygen atoms in total. The summed E-state index contributed by atoms with van der Waals surface area (Å²) in [5.74, 6) is -2.14. The van der Waals surface area contributed by atoms with Crippen LogP contribution in [0.4, 0.5) is 5.69 Å². The van der Waals surface area contributed by atoms with Crippen LogP contribution in [0.1, 0.15) is 46.0 Å². The van der Waals surface area contributed by atoms with Gasteiger partial charge in [-0.1, -0.05) is 42.8 Å². The third-order valence-electron chi connectivity index (χ3n) is 8.46. The summed E-state index contributed by atoms with van der Waals surface area (Å²) in [7, 11) is 0. The molecule has 2 unspecified atom stereocenters. The van der Waals surface area contributed by atoms with Crippen molar-refractivity contribution in [2.24, 2.45) is 11.8 Å². The number of amides is 3. The Kier molecular flexibility index (Phi) is 8.88. The molecule has 2 bridgehead atoms. The normalized spacial score (nSPS) is 28.9. The van der Waals surface area contributed by atoms with Gasteiger partial charge in [0.25, 0.3) is 5.91 Å². The Balaban J connectivity index is 1.79. The Morgan fingerprint density at radius 3 is 2.54 bits per heavy atom. The first kappa shape index (κ1) is 29.3. The molecule has 3 amide bonds.